The van der Waals surface area contributed by atoms with Gasteiger partial charge in [-0.3, -0.25) is 4.79 Å². The summed E-state index contributed by atoms with van der Waals surface area (Å²) in [6, 6.07) is 6.13. The molecule has 3 N–H and O–H groups in total. The van der Waals surface area contributed by atoms with E-state index >= 15 is 0 Å². The van der Waals surface area contributed by atoms with Gasteiger partial charge < -0.3 is 5.73 Å². The van der Waals surface area contributed by atoms with Crippen LogP contribution in [0.25, 0.3) is 0 Å². The number of primary amides is 1. The predicted octanol–water partition coefficient (Wildman–Crippen LogP) is 1.51. The highest BCUT2D eigenvalue weighted by Gasteiger charge is 2.12. The topological polar surface area (TPSA) is 89.3 Å². The zero-order valence-electron chi connectivity index (χ0n) is 10.0. The van der Waals surface area contributed by atoms with Gasteiger partial charge in [0.05, 0.1) is 0 Å². The molecule has 0 aliphatic carbocycles. The van der Waals surface area contributed by atoms with Crippen LogP contribution in [0.3, 0.4) is 0 Å². The summed E-state index contributed by atoms with van der Waals surface area (Å²) in [5.74, 6) is -0.532. The maximum atomic E-state index is 11.7. The second-order valence-electron chi connectivity index (χ2n) is 3.67. The zero-order valence-corrected chi connectivity index (χ0v) is 11.7. The molecule has 0 heterocycles. The van der Waals surface area contributed by atoms with E-state index in [0.29, 0.717) is 17.0 Å². The molecule has 5 nitrogen and oxygen atoms in total. The van der Waals surface area contributed by atoms with Crippen LogP contribution in [0.2, 0.25) is 0 Å². The Kier molecular flexibility index (Phi) is 5.64. The number of carbonyl (C=O) groups excluding carboxylic acids is 1. The van der Waals surface area contributed by atoms with Gasteiger partial charge in [0.1, 0.15) is 0 Å². The molecule has 1 aromatic rings. The number of benzene rings is 1. The number of hydrogen-bond donors (Lipinski definition) is 2. The Hall–Kier alpha value is -1.05. The number of hydrogen-bond acceptors (Lipinski definition) is 4. The van der Waals surface area contributed by atoms with Crippen molar-refractivity contribution in [1.82, 2.24) is 4.72 Å². The van der Waals surface area contributed by atoms with Gasteiger partial charge in [0.2, 0.25) is 5.91 Å². The summed E-state index contributed by atoms with van der Waals surface area (Å²) in [6.45, 7) is 2.43. The van der Waals surface area contributed by atoms with Gasteiger partial charge in [-0.1, -0.05) is 13.3 Å². The third kappa shape index (κ3) is 5.07. The molecule has 18 heavy (non-hydrogen) atoms. The minimum absolute atomic E-state index is 0.357. The Balaban J connectivity index is 2.63. The van der Waals surface area contributed by atoms with Gasteiger partial charge in [0.25, 0.3) is 9.06 Å². The molecule has 1 amide bonds. The number of amides is 1. The fourth-order valence-electron chi connectivity index (χ4n) is 1.20. The molecule has 1 aromatic carbocycles. The number of carbonyl (C=O) groups is 1. The van der Waals surface area contributed by atoms with Gasteiger partial charge >= 0.3 is 0 Å². The molecule has 0 spiro atoms. The zero-order chi connectivity index (χ0) is 13.6. The molecule has 0 aliphatic heterocycles. The lowest BCUT2D eigenvalue weighted by Crippen LogP contribution is -2.21. The molecule has 100 valence electrons. The van der Waals surface area contributed by atoms with Crippen molar-refractivity contribution in [2.24, 2.45) is 5.73 Å². The second-order valence-corrected chi connectivity index (χ2v) is 7.33. The van der Waals surface area contributed by atoms with Crippen LogP contribution < -0.4 is 10.5 Å². The summed E-state index contributed by atoms with van der Waals surface area (Å²) in [6.07, 6.45) is 1.74. The predicted molar refractivity (Wildman–Crippen MR) is 72.6 cm³/mol. The van der Waals surface area contributed by atoms with Crippen molar-refractivity contribution >= 4 is 25.8 Å². The Morgan fingerprint density at radius 2 is 1.94 bits per heavy atom. The highest BCUT2D eigenvalue weighted by Crippen LogP contribution is 2.23. The third-order valence-corrected chi connectivity index (χ3v) is 4.98. The molecule has 0 atom stereocenters. The van der Waals surface area contributed by atoms with Gasteiger partial charge in [-0.05, 0) is 30.7 Å². The maximum Gasteiger partial charge on any atom is 0.269 e. The first-order valence-corrected chi connectivity index (χ1v) is 8.35. The third-order valence-electron chi connectivity index (χ3n) is 2.15. The summed E-state index contributed by atoms with van der Waals surface area (Å²) in [4.78, 5) is 11.4. The lowest BCUT2D eigenvalue weighted by Gasteiger charge is -2.05. The van der Waals surface area contributed by atoms with Crippen molar-refractivity contribution in [3.63, 3.8) is 0 Å². The standard InChI is InChI=1S/C11H16N2O3S2/c1-2-3-8-13-18(15,16)17-10-6-4-9(5-7-10)11(12)14/h4-7,13H,2-3,8H2,1H3,(H2,12,14). The molecular formula is C11H16N2O3S2. The van der Waals surface area contributed by atoms with Crippen LogP contribution in [0.15, 0.2) is 29.2 Å². The van der Waals surface area contributed by atoms with Crippen molar-refractivity contribution in [3.8, 4) is 0 Å². The average Bonchev–Trinajstić information content (AvgIpc) is 2.29. The lowest BCUT2D eigenvalue weighted by molar-refractivity contribution is 0.1000. The minimum Gasteiger partial charge on any atom is -0.366 e. The normalized spacial score (nSPS) is 11.4. The van der Waals surface area contributed by atoms with Gasteiger partial charge in [-0.25, -0.2) is 13.1 Å². The van der Waals surface area contributed by atoms with Crippen molar-refractivity contribution < 1.29 is 13.2 Å². The number of rotatable bonds is 7. The highest BCUT2D eigenvalue weighted by molar-refractivity contribution is 8.71. The summed E-state index contributed by atoms with van der Waals surface area (Å²) in [5, 5.41) is 0. The van der Waals surface area contributed by atoms with Gasteiger partial charge in [0.15, 0.2) is 0 Å². The van der Waals surface area contributed by atoms with Crippen LogP contribution in [0.5, 0.6) is 0 Å². The molecule has 0 bridgehead atoms. The molecular weight excluding hydrogens is 272 g/mol. The molecule has 0 aromatic heterocycles. The van der Waals surface area contributed by atoms with E-state index in [-0.39, 0.29) is 0 Å². The van der Waals surface area contributed by atoms with E-state index in [2.05, 4.69) is 4.72 Å². The van der Waals surface area contributed by atoms with E-state index in [1.807, 2.05) is 6.92 Å². The van der Waals surface area contributed by atoms with E-state index in [9.17, 15) is 13.2 Å². The Morgan fingerprint density at radius 3 is 2.44 bits per heavy atom. The van der Waals surface area contributed by atoms with Crippen LogP contribution in [-0.4, -0.2) is 20.9 Å². The molecule has 0 saturated heterocycles. The minimum atomic E-state index is -3.39. The monoisotopic (exact) mass is 288 g/mol. The number of nitrogens with two attached hydrogens (primary N) is 1. The lowest BCUT2D eigenvalue weighted by atomic mass is 10.2. The molecule has 0 fully saturated rings. The van der Waals surface area contributed by atoms with Gasteiger partial charge in [-0.2, -0.15) is 0 Å². The molecule has 0 aliphatic rings. The molecule has 0 radical (unpaired) electrons. The molecule has 0 saturated carbocycles. The van der Waals surface area contributed by atoms with Crippen LogP contribution >= 0.6 is 10.8 Å². The first kappa shape index (κ1) is 15.0. The number of unbranched alkanes of at least 4 members (excludes halogenated alkanes) is 1. The fraction of sp³-hybridized carbons (Fsp3) is 0.364. The summed E-state index contributed by atoms with van der Waals surface area (Å²) >= 11 is 0. The molecule has 0 unspecified atom stereocenters. The van der Waals surface area contributed by atoms with E-state index in [0.717, 1.165) is 23.6 Å². The molecule has 1 rings (SSSR count). The Bertz CT molecular complexity index is 498. The number of nitrogens with one attached hydrogen (secondary N) is 1. The summed E-state index contributed by atoms with van der Waals surface area (Å²) < 4.78 is 25.8. The van der Waals surface area contributed by atoms with Crippen molar-refractivity contribution in [2.75, 3.05) is 6.54 Å². The van der Waals surface area contributed by atoms with E-state index in [1.165, 1.54) is 12.1 Å². The van der Waals surface area contributed by atoms with Crippen molar-refractivity contribution in [1.29, 1.82) is 0 Å². The van der Waals surface area contributed by atoms with Gasteiger partial charge in [-0.15, -0.1) is 0 Å². The smallest absolute Gasteiger partial charge is 0.269 e. The molecule has 7 heteroatoms. The maximum absolute atomic E-state index is 11.7. The van der Waals surface area contributed by atoms with Crippen LogP contribution in [0, 0.1) is 0 Å². The first-order chi connectivity index (χ1) is 8.44. The van der Waals surface area contributed by atoms with Crippen LogP contribution in [0.4, 0.5) is 0 Å². The van der Waals surface area contributed by atoms with Crippen molar-refractivity contribution in [2.45, 2.75) is 24.7 Å². The highest BCUT2D eigenvalue weighted by atomic mass is 33.1. The quantitative estimate of drug-likeness (QED) is 0.588. The second kappa shape index (κ2) is 6.77. The van der Waals surface area contributed by atoms with E-state index in [1.54, 1.807) is 12.1 Å². The van der Waals surface area contributed by atoms with Gasteiger partial charge in [0, 0.05) is 27.8 Å². The van der Waals surface area contributed by atoms with Crippen molar-refractivity contribution in [3.05, 3.63) is 29.8 Å². The Morgan fingerprint density at radius 1 is 1.33 bits per heavy atom. The summed E-state index contributed by atoms with van der Waals surface area (Å²) in [7, 11) is -2.66. The first-order valence-electron chi connectivity index (χ1n) is 5.53. The largest absolute Gasteiger partial charge is 0.366 e. The van der Waals surface area contributed by atoms with E-state index < -0.39 is 15.0 Å². The average molecular weight is 288 g/mol. The Labute approximate surface area is 111 Å². The fourth-order valence-corrected chi connectivity index (χ4v) is 3.68. The van der Waals surface area contributed by atoms with Crippen LogP contribution in [0.1, 0.15) is 30.1 Å². The van der Waals surface area contributed by atoms with E-state index in [4.69, 9.17) is 5.73 Å². The SMILES string of the molecule is CCCCNS(=O)(=O)Sc1ccc(C(N)=O)cc1. The summed E-state index contributed by atoms with van der Waals surface area (Å²) in [5.41, 5.74) is 5.45. The van der Waals surface area contributed by atoms with Crippen LogP contribution in [-0.2, 0) is 9.06 Å².